The highest BCUT2D eigenvalue weighted by molar-refractivity contribution is 5.88. The number of hydrogen-bond acceptors (Lipinski definition) is 2. The summed E-state index contributed by atoms with van der Waals surface area (Å²) in [5.41, 5.74) is 2.38. The molecule has 20 heavy (non-hydrogen) atoms. The lowest BCUT2D eigenvalue weighted by Crippen LogP contribution is -2.04. The van der Waals surface area contributed by atoms with Crippen molar-refractivity contribution >= 4 is 11.7 Å². The van der Waals surface area contributed by atoms with Crippen LogP contribution in [0.25, 0.3) is 0 Å². The zero-order chi connectivity index (χ0) is 15.0. The molecule has 0 atom stereocenters. The highest BCUT2D eigenvalue weighted by Gasteiger charge is 2.05. The number of carbonyl (C=O) groups is 1. The number of carboxylic acids is 1. The quantitative estimate of drug-likeness (QED) is 0.642. The minimum absolute atomic E-state index is 0.349. The Morgan fingerprint density at radius 3 is 2.50 bits per heavy atom. The predicted octanol–water partition coefficient (Wildman–Crippen LogP) is 4.71. The SMILES string of the molecule is Cc1cc(C(=O)O)ccc1NCCCCCCC(C)C. The number of unbranched alkanes of at least 4 members (excludes halogenated alkanes) is 3. The molecule has 0 aliphatic rings. The van der Waals surface area contributed by atoms with Crippen LogP contribution in [0.1, 0.15) is 61.9 Å². The van der Waals surface area contributed by atoms with Crippen LogP contribution in [0, 0.1) is 12.8 Å². The van der Waals surface area contributed by atoms with Crippen LogP contribution < -0.4 is 5.32 Å². The summed E-state index contributed by atoms with van der Waals surface area (Å²) in [6, 6.07) is 5.23. The van der Waals surface area contributed by atoms with Gasteiger partial charge in [-0.1, -0.05) is 39.5 Å². The molecule has 0 heterocycles. The van der Waals surface area contributed by atoms with E-state index in [1.165, 1.54) is 25.7 Å². The van der Waals surface area contributed by atoms with Crippen LogP contribution in [0.15, 0.2) is 18.2 Å². The highest BCUT2D eigenvalue weighted by Crippen LogP contribution is 2.17. The zero-order valence-electron chi connectivity index (χ0n) is 12.9. The molecule has 0 saturated carbocycles. The first-order valence-electron chi connectivity index (χ1n) is 7.58. The Kier molecular flexibility index (Phi) is 7.13. The van der Waals surface area contributed by atoms with Crippen molar-refractivity contribution in [1.29, 1.82) is 0 Å². The van der Waals surface area contributed by atoms with Gasteiger partial charge in [0.2, 0.25) is 0 Å². The number of aryl methyl sites for hydroxylation is 1. The van der Waals surface area contributed by atoms with E-state index in [1.54, 1.807) is 12.1 Å². The molecule has 1 rings (SSSR count). The lowest BCUT2D eigenvalue weighted by atomic mass is 10.0. The molecule has 0 fully saturated rings. The van der Waals surface area contributed by atoms with Crippen molar-refractivity contribution in [3.05, 3.63) is 29.3 Å². The van der Waals surface area contributed by atoms with Crippen LogP contribution in [0.4, 0.5) is 5.69 Å². The van der Waals surface area contributed by atoms with E-state index < -0.39 is 5.97 Å². The summed E-state index contributed by atoms with van der Waals surface area (Å²) in [4.78, 5) is 10.9. The third-order valence-electron chi connectivity index (χ3n) is 3.50. The fourth-order valence-corrected chi connectivity index (χ4v) is 2.25. The fourth-order valence-electron chi connectivity index (χ4n) is 2.25. The minimum atomic E-state index is -0.871. The maximum atomic E-state index is 10.9. The number of rotatable bonds is 9. The second-order valence-corrected chi connectivity index (χ2v) is 5.86. The van der Waals surface area contributed by atoms with Crippen molar-refractivity contribution in [2.75, 3.05) is 11.9 Å². The van der Waals surface area contributed by atoms with E-state index in [2.05, 4.69) is 19.2 Å². The largest absolute Gasteiger partial charge is 0.478 e. The van der Waals surface area contributed by atoms with Gasteiger partial charge in [-0.25, -0.2) is 4.79 Å². The summed E-state index contributed by atoms with van der Waals surface area (Å²) in [6.45, 7) is 7.43. The topological polar surface area (TPSA) is 49.3 Å². The first-order valence-corrected chi connectivity index (χ1v) is 7.58. The standard InChI is InChI=1S/C17H27NO2/c1-13(2)8-6-4-5-7-11-18-16-10-9-15(17(19)20)12-14(16)3/h9-10,12-13,18H,4-8,11H2,1-3H3,(H,19,20). The van der Waals surface area contributed by atoms with Gasteiger partial charge in [-0.15, -0.1) is 0 Å². The van der Waals surface area contributed by atoms with Gasteiger partial charge in [0.05, 0.1) is 5.56 Å². The number of nitrogens with one attached hydrogen (secondary N) is 1. The van der Waals surface area contributed by atoms with E-state index in [9.17, 15) is 4.79 Å². The molecule has 0 spiro atoms. The van der Waals surface area contributed by atoms with Gasteiger partial charge in [0.25, 0.3) is 0 Å². The zero-order valence-corrected chi connectivity index (χ0v) is 12.9. The molecule has 0 aliphatic carbocycles. The molecule has 3 heteroatoms. The highest BCUT2D eigenvalue weighted by atomic mass is 16.4. The average molecular weight is 277 g/mol. The number of carboxylic acid groups (broad SMARTS) is 1. The molecule has 0 radical (unpaired) electrons. The first-order chi connectivity index (χ1) is 9.50. The van der Waals surface area contributed by atoms with E-state index in [1.807, 2.05) is 13.0 Å². The molecule has 0 unspecified atom stereocenters. The van der Waals surface area contributed by atoms with E-state index in [0.717, 1.165) is 30.1 Å². The summed E-state index contributed by atoms with van der Waals surface area (Å²) in [5.74, 6) is -0.0617. The summed E-state index contributed by atoms with van der Waals surface area (Å²) in [6.07, 6.45) is 6.37. The van der Waals surface area contributed by atoms with E-state index in [0.29, 0.717) is 5.56 Å². The van der Waals surface area contributed by atoms with E-state index in [-0.39, 0.29) is 0 Å². The molecule has 0 amide bonds. The molecule has 0 bridgehead atoms. The molecular formula is C17H27NO2. The van der Waals surface area contributed by atoms with Crippen molar-refractivity contribution in [1.82, 2.24) is 0 Å². The lowest BCUT2D eigenvalue weighted by Gasteiger charge is -2.10. The summed E-state index contributed by atoms with van der Waals surface area (Å²) in [7, 11) is 0. The Hall–Kier alpha value is -1.51. The monoisotopic (exact) mass is 277 g/mol. The first kappa shape index (κ1) is 16.5. The smallest absolute Gasteiger partial charge is 0.335 e. The van der Waals surface area contributed by atoms with Crippen molar-refractivity contribution < 1.29 is 9.90 Å². The Balaban J connectivity index is 2.24. The second kappa shape index (κ2) is 8.62. The summed E-state index contributed by atoms with van der Waals surface area (Å²) < 4.78 is 0. The second-order valence-electron chi connectivity index (χ2n) is 5.86. The number of anilines is 1. The van der Waals surface area contributed by atoms with Crippen molar-refractivity contribution in [3.63, 3.8) is 0 Å². The van der Waals surface area contributed by atoms with Gasteiger partial charge in [-0.2, -0.15) is 0 Å². The Bertz CT molecular complexity index is 427. The number of aromatic carboxylic acids is 1. The van der Waals surface area contributed by atoms with Crippen molar-refractivity contribution in [2.45, 2.75) is 52.9 Å². The molecule has 0 aromatic heterocycles. The Morgan fingerprint density at radius 1 is 1.20 bits per heavy atom. The van der Waals surface area contributed by atoms with Gasteiger partial charge < -0.3 is 10.4 Å². The molecule has 112 valence electrons. The van der Waals surface area contributed by atoms with Crippen molar-refractivity contribution in [3.8, 4) is 0 Å². The molecule has 0 aliphatic heterocycles. The van der Waals surface area contributed by atoms with Crippen LogP contribution in [-0.2, 0) is 0 Å². The third kappa shape index (κ3) is 6.09. The normalized spacial score (nSPS) is 10.8. The summed E-state index contributed by atoms with van der Waals surface area (Å²) in [5, 5.41) is 12.3. The molecule has 1 aromatic carbocycles. The van der Waals surface area contributed by atoms with E-state index in [4.69, 9.17) is 5.11 Å². The third-order valence-corrected chi connectivity index (χ3v) is 3.50. The van der Waals surface area contributed by atoms with Crippen LogP contribution >= 0.6 is 0 Å². The number of benzene rings is 1. The van der Waals surface area contributed by atoms with Crippen LogP contribution in [0.3, 0.4) is 0 Å². The van der Waals surface area contributed by atoms with Crippen LogP contribution in [0.2, 0.25) is 0 Å². The maximum absolute atomic E-state index is 10.9. The fraction of sp³-hybridized carbons (Fsp3) is 0.588. The van der Waals surface area contributed by atoms with Crippen molar-refractivity contribution in [2.24, 2.45) is 5.92 Å². The van der Waals surface area contributed by atoms with Gasteiger partial charge in [0, 0.05) is 12.2 Å². The van der Waals surface area contributed by atoms with Crippen LogP contribution in [-0.4, -0.2) is 17.6 Å². The molecule has 3 nitrogen and oxygen atoms in total. The molecule has 1 aromatic rings. The predicted molar refractivity (Wildman–Crippen MR) is 84.6 cm³/mol. The van der Waals surface area contributed by atoms with Gasteiger partial charge in [-0.3, -0.25) is 0 Å². The minimum Gasteiger partial charge on any atom is -0.478 e. The van der Waals surface area contributed by atoms with E-state index >= 15 is 0 Å². The average Bonchev–Trinajstić information content (AvgIpc) is 2.38. The number of hydrogen-bond donors (Lipinski definition) is 2. The van der Waals surface area contributed by atoms with Crippen LogP contribution in [0.5, 0.6) is 0 Å². The van der Waals surface area contributed by atoms with Gasteiger partial charge in [-0.05, 0) is 43.0 Å². The van der Waals surface area contributed by atoms with Gasteiger partial charge in [0.15, 0.2) is 0 Å². The lowest BCUT2D eigenvalue weighted by molar-refractivity contribution is 0.0697. The Labute approximate surface area is 122 Å². The van der Waals surface area contributed by atoms with Gasteiger partial charge in [0.1, 0.15) is 0 Å². The maximum Gasteiger partial charge on any atom is 0.335 e. The molecule has 2 N–H and O–H groups in total. The Morgan fingerprint density at radius 2 is 1.90 bits per heavy atom. The van der Waals surface area contributed by atoms with Gasteiger partial charge >= 0.3 is 5.97 Å². The molecular weight excluding hydrogens is 250 g/mol. The summed E-state index contributed by atoms with van der Waals surface area (Å²) >= 11 is 0. The molecule has 0 saturated heterocycles.